The second-order valence-corrected chi connectivity index (χ2v) is 3.99. The molecule has 1 aliphatic heterocycles. The largest absolute Gasteiger partial charge is 0.468 e. The van der Waals surface area contributed by atoms with Gasteiger partial charge in [0.2, 0.25) is 0 Å². The van der Waals surface area contributed by atoms with Crippen molar-refractivity contribution >= 4 is 11.9 Å². The average molecular weight is 250 g/mol. The van der Waals surface area contributed by atoms with Gasteiger partial charge in [0, 0.05) is 25.4 Å². The first-order valence-electron chi connectivity index (χ1n) is 5.63. The van der Waals surface area contributed by atoms with Crippen LogP contribution in [-0.2, 0) is 14.3 Å². The number of pyridine rings is 1. The number of hydrogen-bond donors (Lipinski definition) is 1. The molecule has 0 bridgehead atoms. The first-order valence-corrected chi connectivity index (χ1v) is 5.63. The predicted octanol–water partition coefficient (Wildman–Crippen LogP) is 0.142. The minimum atomic E-state index is -0.430. The molecule has 2 atom stereocenters. The van der Waals surface area contributed by atoms with Crippen molar-refractivity contribution in [1.82, 2.24) is 10.3 Å². The highest BCUT2D eigenvalue weighted by molar-refractivity contribution is 5.89. The zero-order valence-electron chi connectivity index (χ0n) is 9.96. The van der Waals surface area contributed by atoms with Gasteiger partial charge in [0.25, 0.3) is 0 Å². The molecular formula is C12H14N2O4. The first-order chi connectivity index (χ1) is 8.70. The number of methoxy groups -OCH3 is 1. The monoisotopic (exact) mass is 250 g/mol. The van der Waals surface area contributed by atoms with Crippen molar-refractivity contribution in [2.24, 2.45) is 0 Å². The summed E-state index contributed by atoms with van der Waals surface area (Å²) in [7, 11) is 1.33. The topological polar surface area (TPSA) is 77.5 Å². The Balaban J connectivity index is 1.89. The molecule has 1 aromatic rings. The summed E-state index contributed by atoms with van der Waals surface area (Å²) in [6.45, 7) is 0.450. The van der Waals surface area contributed by atoms with Gasteiger partial charge in [-0.2, -0.15) is 0 Å². The van der Waals surface area contributed by atoms with Gasteiger partial charge in [-0.1, -0.05) is 0 Å². The van der Waals surface area contributed by atoms with Crippen LogP contribution in [0.25, 0.3) is 0 Å². The van der Waals surface area contributed by atoms with E-state index in [-0.39, 0.29) is 12.1 Å². The third kappa shape index (κ3) is 2.84. The van der Waals surface area contributed by atoms with Crippen LogP contribution in [0.2, 0.25) is 0 Å². The molecule has 2 rings (SSSR count). The summed E-state index contributed by atoms with van der Waals surface area (Å²) in [6.07, 6.45) is 3.14. The number of rotatable bonds is 3. The molecule has 0 aliphatic carbocycles. The third-order valence-electron chi connectivity index (χ3n) is 2.75. The van der Waals surface area contributed by atoms with Crippen LogP contribution < -0.4 is 5.32 Å². The third-order valence-corrected chi connectivity index (χ3v) is 2.75. The number of carbonyl (C=O) groups excluding carboxylic acids is 2. The Morgan fingerprint density at radius 1 is 1.50 bits per heavy atom. The summed E-state index contributed by atoms with van der Waals surface area (Å²) in [5.41, 5.74) is 0.402. The summed E-state index contributed by atoms with van der Waals surface area (Å²) >= 11 is 0. The average Bonchev–Trinajstić information content (AvgIpc) is 2.87. The molecule has 1 fully saturated rings. The van der Waals surface area contributed by atoms with Crippen LogP contribution in [-0.4, -0.2) is 42.7 Å². The highest BCUT2D eigenvalue weighted by Gasteiger charge is 2.32. The maximum atomic E-state index is 11.7. The molecular weight excluding hydrogens is 236 g/mol. The number of nitrogens with zero attached hydrogens (tertiary/aromatic N) is 1. The second-order valence-electron chi connectivity index (χ2n) is 3.99. The number of nitrogens with one attached hydrogen (secondary N) is 1. The molecule has 2 heterocycles. The molecule has 1 N–H and O–H groups in total. The van der Waals surface area contributed by atoms with Gasteiger partial charge >= 0.3 is 11.9 Å². The van der Waals surface area contributed by atoms with Gasteiger partial charge in [-0.3, -0.25) is 9.78 Å². The molecule has 1 aromatic heterocycles. The van der Waals surface area contributed by atoms with Gasteiger partial charge in [-0.15, -0.1) is 0 Å². The van der Waals surface area contributed by atoms with Crippen LogP contribution in [0.4, 0.5) is 0 Å². The Kier molecular flexibility index (Phi) is 3.88. The molecule has 1 aliphatic rings. The molecule has 0 amide bonds. The second kappa shape index (κ2) is 5.59. The van der Waals surface area contributed by atoms with Crippen LogP contribution in [0, 0.1) is 0 Å². The maximum Gasteiger partial charge on any atom is 0.340 e. The lowest BCUT2D eigenvalue weighted by Gasteiger charge is -2.10. The molecule has 18 heavy (non-hydrogen) atoms. The smallest absolute Gasteiger partial charge is 0.340 e. The molecule has 0 unspecified atom stereocenters. The molecule has 0 radical (unpaired) electrons. The van der Waals surface area contributed by atoms with Gasteiger partial charge < -0.3 is 14.8 Å². The molecule has 0 saturated carbocycles. The first kappa shape index (κ1) is 12.5. The van der Waals surface area contributed by atoms with Crippen LogP contribution >= 0.6 is 0 Å². The van der Waals surface area contributed by atoms with E-state index in [4.69, 9.17) is 4.74 Å². The normalized spacial score (nSPS) is 22.5. The standard InChI is InChI=1S/C12H14N2O4/c1-17-12(16)10-5-9(7-14-10)18-11(15)8-3-2-4-13-6-8/h2-4,6,9-10,14H,5,7H2,1H3/t9-,10-/m0/s1. The highest BCUT2D eigenvalue weighted by atomic mass is 16.5. The van der Waals surface area contributed by atoms with Crippen LogP contribution in [0.3, 0.4) is 0 Å². The Bertz CT molecular complexity index is 435. The number of esters is 2. The van der Waals surface area contributed by atoms with Gasteiger partial charge in [0.1, 0.15) is 12.1 Å². The van der Waals surface area contributed by atoms with E-state index in [0.717, 1.165) is 0 Å². The minimum absolute atomic E-state index is 0.318. The Hall–Kier alpha value is -1.95. The van der Waals surface area contributed by atoms with Gasteiger partial charge in [-0.05, 0) is 12.1 Å². The van der Waals surface area contributed by atoms with Gasteiger partial charge in [0.15, 0.2) is 0 Å². The minimum Gasteiger partial charge on any atom is -0.468 e. The quantitative estimate of drug-likeness (QED) is 0.769. The van der Waals surface area contributed by atoms with E-state index in [0.29, 0.717) is 18.5 Å². The van der Waals surface area contributed by atoms with Crippen molar-refractivity contribution in [3.05, 3.63) is 30.1 Å². The van der Waals surface area contributed by atoms with Gasteiger partial charge in [-0.25, -0.2) is 4.79 Å². The van der Waals surface area contributed by atoms with E-state index < -0.39 is 12.0 Å². The number of aromatic nitrogens is 1. The maximum absolute atomic E-state index is 11.7. The molecule has 6 heteroatoms. The van der Waals surface area contributed by atoms with E-state index >= 15 is 0 Å². The summed E-state index contributed by atoms with van der Waals surface area (Å²) in [6, 6.07) is 2.90. The van der Waals surface area contributed by atoms with E-state index in [2.05, 4.69) is 15.0 Å². The van der Waals surface area contributed by atoms with Crippen molar-refractivity contribution < 1.29 is 19.1 Å². The number of hydrogen-bond acceptors (Lipinski definition) is 6. The van der Waals surface area contributed by atoms with Crippen molar-refractivity contribution in [3.8, 4) is 0 Å². The van der Waals surface area contributed by atoms with Crippen LogP contribution in [0.1, 0.15) is 16.8 Å². The fourth-order valence-electron chi connectivity index (χ4n) is 1.82. The Labute approximate surface area is 104 Å². The molecule has 1 saturated heterocycles. The summed E-state index contributed by atoms with van der Waals surface area (Å²) in [5.74, 6) is -0.768. The number of ether oxygens (including phenoxy) is 2. The number of carbonyl (C=O) groups is 2. The van der Waals surface area contributed by atoms with Crippen molar-refractivity contribution in [2.45, 2.75) is 18.6 Å². The lowest BCUT2D eigenvalue weighted by molar-refractivity contribution is -0.142. The summed E-state index contributed by atoms with van der Waals surface area (Å²) in [4.78, 5) is 26.9. The molecule has 96 valence electrons. The van der Waals surface area contributed by atoms with E-state index in [1.54, 1.807) is 18.3 Å². The SMILES string of the molecule is COC(=O)[C@@H]1C[C@H](OC(=O)c2cccnc2)CN1. The van der Waals surface area contributed by atoms with E-state index in [1.165, 1.54) is 13.3 Å². The lowest BCUT2D eigenvalue weighted by Crippen LogP contribution is -2.31. The lowest BCUT2D eigenvalue weighted by atomic mass is 10.2. The summed E-state index contributed by atoms with van der Waals surface area (Å²) < 4.78 is 9.89. The van der Waals surface area contributed by atoms with Crippen molar-refractivity contribution in [1.29, 1.82) is 0 Å². The molecule has 0 spiro atoms. The zero-order chi connectivity index (χ0) is 13.0. The van der Waals surface area contributed by atoms with Crippen molar-refractivity contribution in [3.63, 3.8) is 0 Å². The molecule has 6 nitrogen and oxygen atoms in total. The van der Waals surface area contributed by atoms with Crippen LogP contribution in [0.5, 0.6) is 0 Å². The molecule has 0 aromatic carbocycles. The Morgan fingerprint density at radius 3 is 3.00 bits per heavy atom. The van der Waals surface area contributed by atoms with Crippen LogP contribution in [0.15, 0.2) is 24.5 Å². The van der Waals surface area contributed by atoms with Gasteiger partial charge in [0.05, 0.1) is 12.7 Å². The zero-order valence-corrected chi connectivity index (χ0v) is 9.96. The fourth-order valence-corrected chi connectivity index (χ4v) is 1.82. The predicted molar refractivity (Wildman–Crippen MR) is 61.9 cm³/mol. The Morgan fingerprint density at radius 2 is 2.33 bits per heavy atom. The van der Waals surface area contributed by atoms with Crippen molar-refractivity contribution in [2.75, 3.05) is 13.7 Å². The van der Waals surface area contributed by atoms with E-state index in [1.807, 2.05) is 0 Å². The highest BCUT2D eigenvalue weighted by Crippen LogP contribution is 2.13. The fraction of sp³-hybridized carbons (Fsp3) is 0.417. The summed E-state index contributed by atoms with van der Waals surface area (Å²) in [5, 5.41) is 2.95. The van der Waals surface area contributed by atoms with E-state index in [9.17, 15) is 9.59 Å².